The van der Waals surface area contributed by atoms with E-state index in [1.165, 1.54) is 64.2 Å². The molecule has 0 spiro atoms. The molecule has 0 aromatic carbocycles. The third kappa shape index (κ3) is 44.7. The molecule has 348 valence electrons. The molecule has 0 aliphatic carbocycles. The number of allylic oxidation sites excluding steroid dienone is 16. The van der Waals surface area contributed by atoms with Gasteiger partial charge in [-0.3, -0.25) is 18.6 Å². The van der Waals surface area contributed by atoms with Gasteiger partial charge in [0.1, 0.15) is 12.1 Å². The van der Waals surface area contributed by atoms with E-state index in [-0.39, 0.29) is 13.0 Å². The van der Waals surface area contributed by atoms with Crippen molar-refractivity contribution in [2.24, 2.45) is 5.73 Å². The van der Waals surface area contributed by atoms with Gasteiger partial charge in [0.15, 0.2) is 0 Å². The maximum atomic E-state index is 12.6. The Balaban J connectivity index is 4.32. The quantitative estimate of drug-likeness (QED) is 0.0233. The molecule has 61 heavy (non-hydrogen) atoms. The smallest absolute Gasteiger partial charge is 0.472 e. The van der Waals surface area contributed by atoms with Crippen molar-refractivity contribution >= 4 is 19.8 Å². The van der Waals surface area contributed by atoms with E-state index < -0.39 is 45.1 Å². The van der Waals surface area contributed by atoms with Gasteiger partial charge in [0.25, 0.3) is 0 Å². The van der Waals surface area contributed by atoms with Crippen molar-refractivity contribution in [3.8, 4) is 0 Å². The van der Waals surface area contributed by atoms with E-state index in [1.807, 2.05) is 6.08 Å². The summed E-state index contributed by atoms with van der Waals surface area (Å²) in [6.45, 7) is 3.64. The van der Waals surface area contributed by atoms with Gasteiger partial charge in [-0.05, 0) is 89.9 Å². The average molecular weight is 874 g/mol. The van der Waals surface area contributed by atoms with Crippen LogP contribution in [0.25, 0.3) is 0 Å². The molecule has 10 nitrogen and oxygen atoms in total. The number of ether oxygens (including phenoxy) is 2. The third-order valence-corrected chi connectivity index (χ3v) is 10.3. The van der Waals surface area contributed by atoms with Gasteiger partial charge in [-0.1, -0.05) is 169 Å². The van der Waals surface area contributed by atoms with Crippen LogP contribution in [0.2, 0.25) is 0 Å². The summed E-state index contributed by atoms with van der Waals surface area (Å²) in [6, 6.07) is -1.49. The van der Waals surface area contributed by atoms with E-state index in [0.29, 0.717) is 19.4 Å². The maximum absolute atomic E-state index is 12.6. The highest BCUT2D eigenvalue weighted by Crippen LogP contribution is 2.43. The van der Waals surface area contributed by atoms with E-state index in [2.05, 4.69) is 105 Å². The monoisotopic (exact) mass is 874 g/mol. The molecule has 0 aromatic heterocycles. The Kier molecular flexibility index (Phi) is 42.6. The molecular weight excluding hydrogens is 790 g/mol. The third-order valence-electron chi connectivity index (χ3n) is 9.35. The highest BCUT2D eigenvalue weighted by Gasteiger charge is 2.27. The fourth-order valence-electron chi connectivity index (χ4n) is 5.76. The fraction of sp³-hybridized carbons (Fsp3) is 0.640. The number of phosphoric ester groups is 1. The lowest BCUT2D eigenvalue weighted by Gasteiger charge is -2.20. The first kappa shape index (κ1) is 57.9. The van der Waals surface area contributed by atoms with Crippen molar-refractivity contribution < 1.29 is 42.7 Å². The number of phosphoric acid groups is 1. The summed E-state index contributed by atoms with van der Waals surface area (Å²) in [5.74, 6) is -1.85. The number of unbranched alkanes of at least 4 members (excludes halogenated alkanes) is 13. The van der Waals surface area contributed by atoms with E-state index >= 15 is 0 Å². The zero-order valence-electron chi connectivity index (χ0n) is 38.0. The Morgan fingerprint density at radius 1 is 0.541 bits per heavy atom. The maximum Gasteiger partial charge on any atom is 0.472 e. The molecule has 4 N–H and O–H groups in total. The predicted molar refractivity (Wildman–Crippen MR) is 253 cm³/mol. The minimum Gasteiger partial charge on any atom is -0.480 e. The van der Waals surface area contributed by atoms with E-state index in [4.69, 9.17) is 29.4 Å². The van der Waals surface area contributed by atoms with E-state index in [9.17, 15) is 19.0 Å². The number of hydrogen-bond acceptors (Lipinski definition) is 8. The van der Waals surface area contributed by atoms with Gasteiger partial charge in [0, 0.05) is 13.0 Å². The van der Waals surface area contributed by atoms with Crippen molar-refractivity contribution in [1.29, 1.82) is 0 Å². The summed E-state index contributed by atoms with van der Waals surface area (Å²) in [5, 5.41) is 8.91. The van der Waals surface area contributed by atoms with E-state index in [0.717, 1.165) is 70.6 Å². The van der Waals surface area contributed by atoms with Crippen molar-refractivity contribution in [3.05, 3.63) is 97.2 Å². The summed E-state index contributed by atoms with van der Waals surface area (Å²) in [5.41, 5.74) is 5.36. The molecule has 3 unspecified atom stereocenters. The molecule has 0 aliphatic rings. The number of carboxylic acids is 1. The first-order valence-corrected chi connectivity index (χ1v) is 24.8. The van der Waals surface area contributed by atoms with Crippen molar-refractivity contribution in [2.45, 2.75) is 180 Å². The second kappa shape index (κ2) is 44.9. The lowest BCUT2D eigenvalue weighted by Crippen LogP contribution is -2.34. The molecule has 0 aromatic rings. The van der Waals surface area contributed by atoms with Gasteiger partial charge in [0.2, 0.25) is 0 Å². The topological polar surface area (TPSA) is 155 Å². The number of aliphatic carboxylic acids is 1. The van der Waals surface area contributed by atoms with Crippen LogP contribution in [-0.4, -0.2) is 60.5 Å². The number of esters is 1. The first-order chi connectivity index (χ1) is 29.7. The summed E-state index contributed by atoms with van der Waals surface area (Å²) in [6.07, 6.45) is 59.0. The number of carbonyl (C=O) groups excluding carboxylic acids is 1. The summed E-state index contributed by atoms with van der Waals surface area (Å²) in [7, 11) is -4.64. The van der Waals surface area contributed by atoms with Crippen LogP contribution >= 0.6 is 7.82 Å². The zero-order chi connectivity index (χ0) is 44.8. The number of nitrogens with two attached hydrogens (primary N) is 1. The van der Waals surface area contributed by atoms with Gasteiger partial charge in [-0.2, -0.15) is 0 Å². The number of rotatable bonds is 43. The van der Waals surface area contributed by atoms with Crippen LogP contribution in [0.1, 0.15) is 168 Å². The second-order valence-electron chi connectivity index (χ2n) is 15.1. The van der Waals surface area contributed by atoms with Crippen molar-refractivity contribution in [2.75, 3.05) is 26.4 Å². The summed E-state index contributed by atoms with van der Waals surface area (Å²) >= 11 is 0. The molecule has 0 saturated carbocycles. The normalized spacial score (nSPS) is 14.7. The molecule has 0 heterocycles. The molecule has 0 rings (SSSR count). The SMILES string of the molecule is CC/C=C\C/C=C\C/C=C\C/C=C\C/C=C\CCCC(=O)OC(COCCCCCCCCC/C=C\C/C=C\C/C=C\CCCCCCC)COP(=O)(O)OCC(N)C(=O)O. The molecule has 0 aliphatic heterocycles. The predicted octanol–water partition coefficient (Wildman–Crippen LogP) is 13.3. The summed E-state index contributed by atoms with van der Waals surface area (Å²) in [4.78, 5) is 33.6. The van der Waals surface area contributed by atoms with Gasteiger partial charge in [-0.25, -0.2) is 4.57 Å². The van der Waals surface area contributed by atoms with Gasteiger partial charge in [0.05, 0.1) is 19.8 Å². The number of carbonyl (C=O) groups is 2. The first-order valence-electron chi connectivity index (χ1n) is 23.3. The molecule has 0 radical (unpaired) electrons. The Bertz CT molecular complexity index is 1330. The lowest BCUT2D eigenvalue weighted by atomic mass is 10.1. The van der Waals surface area contributed by atoms with Crippen LogP contribution in [0.3, 0.4) is 0 Å². The highest BCUT2D eigenvalue weighted by atomic mass is 31.2. The van der Waals surface area contributed by atoms with Crippen molar-refractivity contribution in [1.82, 2.24) is 0 Å². The summed E-state index contributed by atoms with van der Waals surface area (Å²) < 4.78 is 33.3. The second-order valence-corrected chi connectivity index (χ2v) is 16.6. The minimum absolute atomic E-state index is 0.0191. The Morgan fingerprint density at radius 3 is 1.43 bits per heavy atom. The molecule has 3 atom stereocenters. The lowest BCUT2D eigenvalue weighted by molar-refractivity contribution is -0.154. The van der Waals surface area contributed by atoms with Crippen LogP contribution in [0.15, 0.2) is 97.2 Å². The van der Waals surface area contributed by atoms with Gasteiger partial charge in [-0.15, -0.1) is 0 Å². The molecule has 0 fully saturated rings. The Morgan fingerprint density at radius 2 is 0.951 bits per heavy atom. The molecule has 0 bridgehead atoms. The van der Waals surface area contributed by atoms with Crippen LogP contribution in [0.4, 0.5) is 0 Å². The fourth-order valence-corrected chi connectivity index (χ4v) is 6.54. The van der Waals surface area contributed by atoms with Gasteiger partial charge < -0.3 is 25.2 Å². The van der Waals surface area contributed by atoms with E-state index in [1.54, 1.807) is 0 Å². The Hall–Kier alpha value is -3.11. The molecule has 11 heteroatoms. The van der Waals surface area contributed by atoms with Crippen LogP contribution in [0, 0.1) is 0 Å². The van der Waals surface area contributed by atoms with Crippen LogP contribution in [-0.2, 0) is 32.7 Å². The van der Waals surface area contributed by atoms with Crippen LogP contribution < -0.4 is 5.73 Å². The molecular formula is C50H84NO9P. The van der Waals surface area contributed by atoms with Gasteiger partial charge >= 0.3 is 19.8 Å². The standard InChI is InChI=1S/C50H84NO9P/c1-3-5-7-9-11-13-15-17-19-21-22-23-24-25-27-29-31-33-35-37-39-41-43-57-44-47(45-58-61(55,56)59-46-48(51)50(53)54)60-49(52)42-40-38-36-34-32-30-28-26-20-18-16-14-12-10-8-6-4-2/h6,8,12,14-15,17-18,20-22,24-25,28,30,34,36,47-48H,3-5,7,9-11,13,16,19,23,26-27,29,31-33,35,37-46,51H2,1-2H3,(H,53,54)(H,55,56)/b8-6-,14-12-,17-15-,20-18-,22-21-,25-24-,30-28-,36-34-. The number of carboxylic acid groups (broad SMARTS) is 1. The number of hydrogen-bond donors (Lipinski definition) is 3. The Labute approximate surface area is 370 Å². The largest absolute Gasteiger partial charge is 0.480 e. The molecule has 0 amide bonds. The van der Waals surface area contributed by atoms with Crippen molar-refractivity contribution in [3.63, 3.8) is 0 Å². The highest BCUT2D eigenvalue weighted by molar-refractivity contribution is 7.47. The molecule has 0 saturated heterocycles. The average Bonchev–Trinajstić information content (AvgIpc) is 3.24. The minimum atomic E-state index is -4.64. The zero-order valence-corrected chi connectivity index (χ0v) is 38.9. The van der Waals surface area contributed by atoms with Crippen LogP contribution in [0.5, 0.6) is 0 Å².